The molecule has 4 rings (SSSR count). The summed E-state index contributed by atoms with van der Waals surface area (Å²) < 4.78 is 28.0. The summed E-state index contributed by atoms with van der Waals surface area (Å²) in [5.74, 6) is -1.89. The predicted octanol–water partition coefficient (Wildman–Crippen LogP) is 4.73. The zero-order chi connectivity index (χ0) is 23.9. The average Bonchev–Trinajstić information content (AvgIpc) is 2.76. The van der Waals surface area contributed by atoms with E-state index in [9.17, 15) is 18.4 Å². The highest BCUT2D eigenvalue weighted by atomic mass is 35.5. The first-order chi connectivity index (χ1) is 15.7. The Morgan fingerprint density at radius 2 is 1.88 bits per heavy atom. The van der Waals surface area contributed by atoms with E-state index in [1.165, 1.54) is 37.5 Å². The number of hydrogen-bond acceptors (Lipinski definition) is 4. The third-order valence-corrected chi connectivity index (χ3v) is 6.03. The predicted molar refractivity (Wildman–Crippen MR) is 124 cm³/mol. The molecule has 1 aliphatic rings. The average molecular weight is 491 g/mol. The molecule has 33 heavy (non-hydrogen) atoms. The van der Waals surface area contributed by atoms with Gasteiger partial charge in [0.05, 0.1) is 29.4 Å². The molecule has 3 aromatic rings. The van der Waals surface area contributed by atoms with Gasteiger partial charge in [-0.1, -0.05) is 29.3 Å². The fraction of sp³-hybridized carbons (Fsp3) is 0.174. The molecule has 0 aliphatic carbocycles. The molecule has 2 heterocycles. The number of alkyl halides is 1. The number of aromatic nitrogens is 1. The van der Waals surface area contributed by atoms with Gasteiger partial charge in [0.15, 0.2) is 5.82 Å². The van der Waals surface area contributed by atoms with E-state index in [0.717, 1.165) is 11.0 Å². The number of hydrogen-bond donors (Lipinski definition) is 1. The van der Waals surface area contributed by atoms with Crippen LogP contribution in [-0.2, 0) is 0 Å². The molecule has 0 radical (unpaired) electrons. The molecule has 0 bridgehead atoms. The molecule has 2 N–H and O–H groups in total. The lowest BCUT2D eigenvalue weighted by molar-refractivity contribution is 0.0984. The van der Waals surface area contributed by atoms with Gasteiger partial charge in [-0.2, -0.15) is 0 Å². The number of rotatable bonds is 5. The topological polar surface area (TPSA) is 79.5 Å². The molecule has 1 saturated heterocycles. The lowest BCUT2D eigenvalue weighted by Gasteiger charge is -2.38. The highest BCUT2D eigenvalue weighted by Crippen LogP contribution is 2.38. The highest BCUT2D eigenvalue weighted by molar-refractivity contribution is 6.34. The van der Waals surface area contributed by atoms with Crippen molar-refractivity contribution >= 4 is 46.5 Å². The number of nitrogens with two attached hydrogens (primary N) is 1. The van der Waals surface area contributed by atoms with E-state index in [2.05, 4.69) is 4.98 Å². The van der Waals surface area contributed by atoms with E-state index < -0.39 is 23.8 Å². The first kappa shape index (κ1) is 22.9. The van der Waals surface area contributed by atoms with Gasteiger partial charge in [-0.3, -0.25) is 14.5 Å². The highest BCUT2D eigenvalue weighted by Gasteiger charge is 2.32. The van der Waals surface area contributed by atoms with Gasteiger partial charge in [0.1, 0.15) is 12.0 Å². The fourth-order valence-corrected chi connectivity index (χ4v) is 4.04. The second-order valence-electron chi connectivity index (χ2n) is 7.59. The normalized spacial score (nSPS) is 13.5. The summed E-state index contributed by atoms with van der Waals surface area (Å²) in [6.45, 7) is 0.214. The Hall–Kier alpha value is -3.23. The van der Waals surface area contributed by atoms with E-state index in [0.29, 0.717) is 21.8 Å². The molecule has 170 valence electrons. The first-order valence-electron chi connectivity index (χ1n) is 9.88. The SMILES string of the molecule is CN(C(=O)c1c(F)cccc1Cl)c1ncc(-c2cc(C(N)=O)ccc2Cl)cc1N1CC(F)C1. The van der Waals surface area contributed by atoms with Crippen LogP contribution < -0.4 is 15.5 Å². The van der Waals surface area contributed by atoms with Gasteiger partial charge in [0.25, 0.3) is 5.91 Å². The zero-order valence-corrected chi connectivity index (χ0v) is 18.9. The number of anilines is 2. The molecule has 0 saturated carbocycles. The molecule has 0 spiro atoms. The minimum atomic E-state index is -1.02. The van der Waals surface area contributed by atoms with Crippen LogP contribution in [0.1, 0.15) is 20.7 Å². The largest absolute Gasteiger partial charge is 0.366 e. The molecule has 1 aromatic heterocycles. The smallest absolute Gasteiger partial charge is 0.263 e. The number of pyridine rings is 1. The number of nitrogens with zero attached hydrogens (tertiary/aromatic N) is 3. The monoisotopic (exact) mass is 490 g/mol. The van der Waals surface area contributed by atoms with Gasteiger partial charge in [0.2, 0.25) is 5.91 Å². The summed E-state index contributed by atoms with van der Waals surface area (Å²) in [4.78, 5) is 31.9. The third kappa shape index (κ3) is 4.36. The van der Waals surface area contributed by atoms with Gasteiger partial charge < -0.3 is 10.6 Å². The number of carbonyl (C=O) groups excluding carboxylic acids is 2. The van der Waals surface area contributed by atoms with Gasteiger partial charge in [-0.05, 0) is 36.4 Å². The van der Waals surface area contributed by atoms with Crippen molar-refractivity contribution in [3.63, 3.8) is 0 Å². The number of amides is 2. The molecule has 0 atom stereocenters. The standard InChI is InChI=1S/C23H18Cl2F2N4O2/c1-30(23(33)20-17(25)3-2-4-18(20)27)22-19(31-10-14(26)11-31)8-13(9-29-22)15-7-12(21(28)32)5-6-16(15)24/h2-9,14H,10-11H2,1H3,(H2,28,32). The van der Waals surface area contributed by atoms with E-state index in [1.807, 2.05) is 0 Å². The minimum absolute atomic E-state index is 0.0344. The maximum atomic E-state index is 14.3. The maximum Gasteiger partial charge on any atom is 0.263 e. The summed E-state index contributed by atoms with van der Waals surface area (Å²) in [5.41, 5.74) is 6.83. The number of primary amides is 1. The third-order valence-electron chi connectivity index (χ3n) is 5.39. The molecule has 6 nitrogen and oxygen atoms in total. The number of carbonyl (C=O) groups is 2. The molecular weight excluding hydrogens is 473 g/mol. The quantitative estimate of drug-likeness (QED) is 0.560. The molecular formula is C23H18Cl2F2N4O2. The van der Waals surface area contributed by atoms with E-state index in [4.69, 9.17) is 28.9 Å². The summed E-state index contributed by atoms with van der Waals surface area (Å²) in [5, 5.41) is 0.322. The molecule has 2 aromatic carbocycles. The number of benzene rings is 2. The Bertz CT molecular complexity index is 1240. The molecule has 2 amide bonds. The lowest BCUT2D eigenvalue weighted by Crippen LogP contribution is -2.49. The molecule has 1 fully saturated rings. The second-order valence-corrected chi connectivity index (χ2v) is 8.40. The Morgan fingerprint density at radius 3 is 2.52 bits per heavy atom. The Kier molecular flexibility index (Phi) is 6.23. The van der Waals surface area contributed by atoms with Crippen LogP contribution in [0.5, 0.6) is 0 Å². The summed E-state index contributed by atoms with van der Waals surface area (Å²) in [6, 6.07) is 10.2. The van der Waals surface area contributed by atoms with Crippen LogP contribution in [0.3, 0.4) is 0 Å². The Morgan fingerprint density at radius 1 is 1.15 bits per heavy atom. The van der Waals surface area contributed by atoms with Crippen LogP contribution in [0.2, 0.25) is 10.0 Å². The fourth-order valence-electron chi connectivity index (χ4n) is 3.57. The van der Waals surface area contributed by atoms with Crippen LogP contribution in [0.25, 0.3) is 11.1 Å². The number of halogens is 4. The van der Waals surface area contributed by atoms with E-state index in [1.54, 1.807) is 17.0 Å². The van der Waals surface area contributed by atoms with Crippen molar-refractivity contribution in [3.8, 4) is 11.1 Å². The molecule has 0 unspecified atom stereocenters. The van der Waals surface area contributed by atoms with Crippen LogP contribution >= 0.6 is 23.2 Å². The van der Waals surface area contributed by atoms with Crippen molar-refractivity contribution in [2.24, 2.45) is 5.73 Å². The first-order valence-corrected chi connectivity index (χ1v) is 10.6. The van der Waals surface area contributed by atoms with Gasteiger partial charge in [0, 0.05) is 35.0 Å². The minimum Gasteiger partial charge on any atom is -0.366 e. The van der Waals surface area contributed by atoms with E-state index >= 15 is 0 Å². The van der Waals surface area contributed by atoms with Crippen LogP contribution in [-0.4, -0.2) is 43.1 Å². The van der Waals surface area contributed by atoms with Crippen molar-refractivity contribution in [1.29, 1.82) is 0 Å². The van der Waals surface area contributed by atoms with Crippen molar-refractivity contribution in [3.05, 3.63) is 75.7 Å². The molecule has 1 aliphatic heterocycles. The lowest BCUT2D eigenvalue weighted by atomic mass is 10.0. The second kappa shape index (κ2) is 8.96. The maximum absolute atomic E-state index is 14.3. The van der Waals surface area contributed by atoms with Crippen molar-refractivity contribution in [2.45, 2.75) is 6.17 Å². The van der Waals surface area contributed by atoms with Gasteiger partial charge in [-0.25, -0.2) is 13.8 Å². The zero-order valence-electron chi connectivity index (χ0n) is 17.4. The summed E-state index contributed by atoms with van der Waals surface area (Å²) >= 11 is 12.4. The van der Waals surface area contributed by atoms with Crippen LogP contribution in [0.15, 0.2) is 48.7 Å². The molecule has 10 heteroatoms. The van der Waals surface area contributed by atoms with Gasteiger partial charge in [-0.15, -0.1) is 0 Å². The van der Waals surface area contributed by atoms with Crippen molar-refractivity contribution < 1.29 is 18.4 Å². The van der Waals surface area contributed by atoms with Gasteiger partial charge >= 0.3 is 0 Å². The van der Waals surface area contributed by atoms with E-state index in [-0.39, 0.29) is 35.1 Å². The summed E-state index contributed by atoms with van der Waals surface area (Å²) in [6.07, 6.45) is 0.440. The Labute approximate surface area is 198 Å². The van der Waals surface area contributed by atoms with Crippen LogP contribution in [0.4, 0.5) is 20.3 Å². The summed E-state index contributed by atoms with van der Waals surface area (Å²) in [7, 11) is 1.43. The van der Waals surface area contributed by atoms with Crippen LogP contribution in [0, 0.1) is 5.82 Å². The Balaban J connectivity index is 1.79. The van der Waals surface area contributed by atoms with Crippen molar-refractivity contribution in [2.75, 3.05) is 29.9 Å². The van der Waals surface area contributed by atoms with Crippen molar-refractivity contribution in [1.82, 2.24) is 4.98 Å².